The van der Waals surface area contributed by atoms with Gasteiger partial charge in [-0.05, 0) is 6.92 Å². The Morgan fingerprint density at radius 3 is 2.79 bits per heavy atom. The monoisotopic (exact) mass is 257 g/mol. The van der Waals surface area contributed by atoms with Gasteiger partial charge in [-0.2, -0.15) is 5.10 Å². The lowest BCUT2D eigenvalue weighted by atomic mass is 10.4. The molecule has 0 aliphatic carbocycles. The zero-order chi connectivity index (χ0) is 10.3. The molecule has 1 unspecified atom stereocenters. The van der Waals surface area contributed by atoms with E-state index in [1.807, 2.05) is 20.0 Å². The van der Waals surface area contributed by atoms with Crippen molar-refractivity contribution < 1.29 is 4.79 Å². The van der Waals surface area contributed by atoms with E-state index in [1.54, 1.807) is 9.58 Å². The van der Waals surface area contributed by atoms with Crippen molar-refractivity contribution in [1.82, 2.24) is 9.78 Å². The number of carbonyl (C=O) groups is 1. The Labute approximate surface area is 91.0 Å². The van der Waals surface area contributed by atoms with Crippen LogP contribution in [0.1, 0.15) is 12.1 Å². The van der Waals surface area contributed by atoms with Crippen LogP contribution in [0.5, 0.6) is 0 Å². The number of alkyl halides is 1. The Morgan fingerprint density at radius 2 is 2.36 bits per heavy atom. The fourth-order valence-electron chi connectivity index (χ4n) is 1.73. The lowest BCUT2D eigenvalue weighted by Gasteiger charge is -2.14. The highest BCUT2D eigenvalue weighted by Gasteiger charge is 2.30. The lowest BCUT2D eigenvalue weighted by molar-refractivity contribution is -0.117. The summed E-state index contributed by atoms with van der Waals surface area (Å²) in [5.74, 6) is 1.05. The first-order valence-corrected chi connectivity index (χ1v) is 5.44. The van der Waals surface area contributed by atoms with E-state index in [0.29, 0.717) is 6.42 Å². The molecular weight excluding hydrogens is 246 g/mol. The normalized spacial score (nSPS) is 22.1. The standard InChI is InChI=1S/C9H12BrN3O/c1-6-3-8(12(2)11-6)13-5-7(10)4-9(13)14/h3,7H,4-5H2,1-2H3. The summed E-state index contributed by atoms with van der Waals surface area (Å²) in [5, 5.41) is 4.22. The summed E-state index contributed by atoms with van der Waals surface area (Å²) in [4.78, 5) is 13.6. The molecule has 14 heavy (non-hydrogen) atoms. The Bertz CT molecular complexity index is 374. The van der Waals surface area contributed by atoms with Crippen molar-refractivity contribution in [3.63, 3.8) is 0 Å². The van der Waals surface area contributed by atoms with E-state index in [0.717, 1.165) is 18.1 Å². The topological polar surface area (TPSA) is 38.1 Å². The smallest absolute Gasteiger partial charge is 0.229 e. The van der Waals surface area contributed by atoms with Crippen LogP contribution in [0, 0.1) is 6.92 Å². The van der Waals surface area contributed by atoms with Gasteiger partial charge in [-0.1, -0.05) is 15.9 Å². The molecule has 2 rings (SSSR count). The minimum atomic E-state index is 0.162. The third-order valence-electron chi connectivity index (χ3n) is 2.33. The summed E-state index contributed by atoms with van der Waals surface area (Å²) in [6.07, 6.45) is 0.574. The molecule has 1 saturated heterocycles. The maximum absolute atomic E-state index is 11.6. The lowest BCUT2D eigenvalue weighted by Crippen LogP contribution is -2.26. The van der Waals surface area contributed by atoms with Gasteiger partial charge in [0.2, 0.25) is 5.91 Å². The Morgan fingerprint density at radius 1 is 1.64 bits per heavy atom. The first kappa shape index (κ1) is 9.71. The van der Waals surface area contributed by atoms with E-state index in [9.17, 15) is 4.79 Å². The highest BCUT2D eigenvalue weighted by atomic mass is 79.9. The van der Waals surface area contributed by atoms with Crippen LogP contribution in [0.4, 0.5) is 5.82 Å². The van der Waals surface area contributed by atoms with E-state index < -0.39 is 0 Å². The maximum Gasteiger partial charge on any atom is 0.229 e. The zero-order valence-electron chi connectivity index (χ0n) is 8.20. The molecule has 1 aromatic heterocycles. The van der Waals surface area contributed by atoms with Crippen LogP contribution < -0.4 is 4.90 Å². The van der Waals surface area contributed by atoms with E-state index in [1.165, 1.54) is 0 Å². The Balaban J connectivity index is 2.31. The highest BCUT2D eigenvalue weighted by Crippen LogP contribution is 2.25. The number of hydrogen-bond acceptors (Lipinski definition) is 2. The average Bonchev–Trinajstić information content (AvgIpc) is 2.55. The molecule has 2 heterocycles. The summed E-state index contributed by atoms with van der Waals surface area (Å²) in [5.41, 5.74) is 0.938. The Hall–Kier alpha value is -0.840. The van der Waals surface area contributed by atoms with Crippen LogP contribution in [0.15, 0.2) is 6.07 Å². The summed E-state index contributed by atoms with van der Waals surface area (Å²) < 4.78 is 1.75. The van der Waals surface area contributed by atoms with E-state index >= 15 is 0 Å². The van der Waals surface area contributed by atoms with Crippen LogP contribution in [-0.2, 0) is 11.8 Å². The molecule has 0 radical (unpaired) electrons. The third-order valence-corrected chi connectivity index (χ3v) is 2.94. The molecule has 1 fully saturated rings. The third kappa shape index (κ3) is 1.56. The summed E-state index contributed by atoms with van der Waals surface area (Å²) >= 11 is 3.46. The molecule has 5 heteroatoms. The molecule has 1 aromatic rings. The second-order valence-corrected chi connectivity index (χ2v) is 4.87. The van der Waals surface area contributed by atoms with E-state index in [2.05, 4.69) is 21.0 Å². The second kappa shape index (κ2) is 3.38. The number of aromatic nitrogens is 2. The number of amides is 1. The molecule has 1 amide bonds. The first-order chi connectivity index (χ1) is 6.58. The average molecular weight is 258 g/mol. The molecule has 0 spiro atoms. The van der Waals surface area contributed by atoms with Crippen molar-refractivity contribution in [2.24, 2.45) is 7.05 Å². The zero-order valence-corrected chi connectivity index (χ0v) is 9.78. The molecular formula is C9H12BrN3O. The van der Waals surface area contributed by atoms with Gasteiger partial charge in [-0.15, -0.1) is 0 Å². The molecule has 0 aromatic carbocycles. The Kier molecular flexibility index (Phi) is 2.34. The van der Waals surface area contributed by atoms with Gasteiger partial charge in [0.1, 0.15) is 5.82 Å². The summed E-state index contributed by atoms with van der Waals surface area (Å²) in [6.45, 7) is 2.66. The van der Waals surface area contributed by atoms with Gasteiger partial charge in [-0.25, -0.2) is 0 Å². The van der Waals surface area contributed by atoms with Crippen molar-refractivity contribution in [1.29, 1.82) is 0 Å². The number of rotatable bonds is 1. The number of carbonyl (C=O) groups excluding carboxylic acids is 1. The second-order valence-electron chi connectivity index (χ2n) is 3.57. The van der Waals surface area contributed by atoms with E-state index in [-0.39, 0.29) is 10.7 Å². The van der Waals surface area contributed by atoms with Gasteiger partial charge in [0, 0.05) is 30.9 Å². The molecule has 4 nitrogen and oxygen atoms in total. The van der Waals surface area contributed by atoms with Gasteiger partial charge in [0.05, 0.1) is 5.69 Å². The largest absolute Gasteiger partial charge is 0.296 e. The maximum atomic E-state index is 11.6. The minimum absolute atomic E-state index is 0.162. The predicted molar refractivity (Wildman–Crippen MR) is 57.6 cm³/mol. The highest BCUT2D eigenvalue weighted by molar-refractivity contribution is 9.09. The van der Waals surface area contributed by atoms with Crippen molar-refractivity contribution in [3.8, 4) is 0 Å². The first-order valence-electron chi connectivity index (χ1n) is 4.53. The molecule has 0 saturated carbocycles. The van der Waals surface area contributed by atoms with Crippen LogP contribution >= 0.6 is 15.9 Å². The molecule has 0 bridgehead atoms. The number of hydrogen-bond donors (Lipinski definition) is 0. The quantitative estimate of drug-likeness (QED) is 0.710. The van der Waals surface area contributed by atoms with Crippen molar-refractivity contribution >= 4 is 27.7 Å². The van der Waals surface area contributed by atoms with Gasteiger partial charge < -0.3 is 0 Å². The van der Waals surface area contributed by atoms with Crippen LogP contribution in [0.3, 0.4) is 0 Å². The predicted octanol–water partition coefficient (Wildman–Crippen LogP) is 1.23. The number of aryl methyl sites for hydroxylation is 2. The van der Waals surface area contributed by atoms with Gasteiger partial charge in [0.25, 0.3) is 0 Å². The number of nitrogens with zero attached hydrogens (tertiary/aromatic N) is 3. The minimum Gasteiger partial charge on any atom is -0.296 e. The molecule has 1 aliphatic rings. The SMILES string of the molecule is Cc1cc(N2CC(Br)CC2=O)n(C)n1. The molecule has 1 atom stereocenters. The summed E-state index contributed by atoms with van der Waals surface area (Å²) in [7, 11) is 1.86. The van der Waals surface area contributed by atoms with Crippen LogP contribution in [0.2, 0.25) is 0 Å². The van der Waals surface area contributed by atoms with Crippen molar-refractivity contribution in [3.05, 3.63) is 11.8 Å². The number of anilines is 1. The number of halogens is 1. The van der Waals surface area contributed by atoms with Crippen molar-refractivity contribution in [2.75, 3.05) is 11.4 Å². The van der Waals surface area contributed by atoms with Gasteiger partial charge >= 0.3 is 0 Å². The fraction of sp³-hybridized carbons (Fsp3) is 0.556. The summed E-state index contributed by atoms with van der Waals surface area (Å²) in [6, 6.07) is 1.93. The molecule has 76 valence electrons. The van der Waals surface area contributed by atoms with E-state index in [4.69, 9.17) is 0 Å². The van der Waals surface area contributed by atoms with Gasteiger partial charge in [-0.3, -0.25) is 14.4 Å². The molecule has 0 N–H and O–H groups in total. The van der Waals surface area contributed by atoms with Crippen LogP contribution in [-0.4, -0.2) is 27.1 Å². The van der Waals surface area contributed by atoms with Crippen molar-refractivity contribution in [2.45, 2.75) is 18.2 Å². The van der Waals surface area contributed by atoms with Crippen LogP contribution in [0.25, 0.3) is 0 Å². The van der Waals surface area contributed by atoms with Gasteiger partial charge in [0.15, 0.2) is 0 Å². The fourth-order valence-corrected chi connectivity index (χ4v) is 2.30. The molecule has 1 aliphatic heterocycles.